The summed E-state index contributed by atoms with van der Waals surface area (Å²) >= 11 is 0. The highest BCUT2D eigenvalue weighted by atomic mass is 16.5. The van der Waals surface area contributed by atoms with Gasteiger partial charge in [-0.25, -0.2) is 0 Å². The first-order chi connectivity index (χ1) is 9.75. The van der Waals surface area contributed by atoms with Crippen molar-refractivity contribution in [2.75, 3.05) is 12.3 Å². The summed E-state index contributed by atoms with van der Waals surface area (Å²) in [6.45, 7) is 2.57. The van der Waals surface area contributed by atoms with E-state index in [1.165, 1.54) is 0 Å². The van der Waals surface area contributed by atoms with Crippen LogP contribution in [0.3, 0.4) is 0 Å². The van der Waals surface area contributed by atoms with Crippen molar-refractivity contribution in [3.63, 3.8) is 0 Å². The Labute approximate surface area is 117 Å². The average Bonchev–Trinajstić information content (AvgIpc) is 2.90. The van der Waals surface area contributed by atoms with E-state index in [1.54, 1.807) is 0 Å². The number of rotatable bonds is 4. The van der Waals surface area contributed by atoms with E-state index in [9.17, 15) is 0 Å². The number of fused-ring (bicyclic) bond motifs is 1. The average molecular weight is 268 g/mol. The zero-order valence-corrected chi connectivity index (χ0v) is 11.3. The molecule has 0 unspecified atom stereocenters. The van der Waals surface area contributed by atoms with Gasteiger partial charge in [0.2, 0.25) is 0 Å². The number of aryl methyl sites for hydroxylation is 1. The number of anilines is 1. The highest BCUT2D eigenvalue weighted by molar-refractivity contribution is 5.64. The van der Waals surface area contributed by atoms with Gasteiger partial charge in [0.1, 0.15) is 11.6 Å². The van der Waals surface area contributed by atoms with Gasteiger partial charge in [-0.15, -0.1) is 10.2 Å². The van der Waals surface area contributed by atoms with E-state index >= 15 is 0 Å². The van der Waals surface area contributed by atoms with Crippen molar-refractivity contribution in [1.29, 1.82) is 0 Å². The molecule has 5 nitrogen and oxygen atoms in total. The van der Waals surface area contributed by atoms with Crippen LogP contribution in [0.5, 0.6) is 5.75 Å². The number of aromatic nitrogens is 3. The Kier molecular flexibility index (Phi) is 3.25. The molecule has 0 bridgehead atoms. The van der Waals surface area contributed by atoms with E-state index in [2.05, 4.69) is 10.2 Å². The van der Waals surface area contributed by atoms with Crippen molar-refractivity contribution in [3.05, 3.63) is 54.0 Å². The molecular weight excluding hydrogens is 252 g/mol. The summed E-state index contributed by atoms with van der Waals surface area (Å²) in [6, 6.07) is 13.6. The monoisotopic (exact) mass is 268 g/mol. The lowest BCUT2D eigenvalue weighted by Crippen LogP contribution is -2.06. The fourth-order valence-corrected chi connectivity index (χ4v) is 2.17. The number of pyridine rings is 1. The third-order valence-electron chi connectivity index (χ3n) is 3.18. The topological polar surface area (TPSA) is 65.4 Å². The summed E-state index contributed by atoms with van der Waals surface area (Å²) in [5, 5.41) is 8.34. The van der Waals surface area contributed by atoms with Gasteiger partial charge in [-0.3, -0.25) is 4.40 Å². The molecule has 0 saturated heterocycles. The smallest absolute Gasteiger partial charge is 0.184 e. The van der Waals surface area contributed by atoms with E-state index in [-0.39, 0.29) is 0 Å². The molecule has 5 heteroatoms. The molecule has 3 rings (SSSR count). The number of hydrogen-bond acceptors (Lipinski definition) is 4. The molecule has 102 valence electrons. The fourth-order valence-electron chi connectivity index (χ4n) is 2.17. The number of nitrogens with two attached hydrogens (primary N) is 1. The van der Waals surface area contributed by atoms with Gasteiger partial charge in [0.25, 0.3) is 0 Å². The molecule has 0 radical (unpaired) electrons. The first-order valence-electron chi connectivity index (χ1n) is 6.52. The summed E-state index contributed by atoms with van der Waals surface area (Å²) in [4.78, 5) is 0. The molecule has 0 aliphatic heterocycles. The van der Waals surface area contributed by atoms with Crippen molar-refractivity contribution >= 4 is 11.3 Å². The third-order valence-corrected chi connectivity index (χ3v) is 3.18. The minimum absolute atomic E-state index is 0.555. The van der Waals surface area contributed by atoms with Gasteiger partial charge in [0.05, 0.1) is 12.3 Å². The molecule has 0 atom stereocenters. The first-order valence-corrected chi connectivity index (χ1v) is 6.52. The highest BCUT2D eigenvalue weighted by Gasteiger charge is 2.10. The van der Waals surface area contributed by atoms with Gasteiger partial charge in [-0.2, -0.15) is 0 Å². The van der Waals surface area contributed by atoms with Crippen LogP contribution in [-0.4, -0.2) is 21.2 Å². The number of para-hydroxylation sites is 1. The Morgan fingerprint density at radius 1 is 1.10 bits per heavy atom. The maximum atomic E-state index is 5.90. The summed E-state index contributed by atoms with van der Waals surface area (Å²) in [7, 11) is 0. The van der Waals surface area contributed by atoms with Gasteiger partial charge in [0.15, 0.2) is 5.65 Å². The second-order valence-electron chi connectivity index (χ2n) is 4.62. The maximum absolute atomic E-state index is 5.90. The Bertz CT molecular complexity index is 721. The zero-order chi connectivity index (χ0) is 13.9. The Hall–Kier alpha value is -2.56. The van der Waals surface area contributed by atoms with Crippen LogP contribution in [0, 0.1) is 6.92 Å². The predicted octanol–water partition coefficient (Wildman–Crippen LogP) is 2.24. The van der Waals surface area contributed by atoms with Gasteiger partial charge >= 0.3 is 0 Å². The first kappa shape index (κ1) is 12.5. The number of nitrogens with zero attached hydrogens (tertiary/aromatic N) is 3. The lowest BCUT2D eigenvalue weighted by Gasteiger charge is -2.07. The molecule has 1 aromatic carbocycles. The van der Waals surface area contributed by atoms with Crippen LogP contribution in [0.4, 0.5) is 5.69 Å². The summed E-state index contributed by atoms with van der Waals surface area (Å²) < 4.78 is 7.66. The highest BCUT2D eigenvalue weighted by Crippen LogP contribution is 2.16. The minimum atomic E-state index is 0.555. The molecule has 2 N–H and O–H groups in total. The Morgan fingerprint density at radius 2 is 1.90 bits per heavy atom. The van der Waals surface area contributed by atoms with E-state index in [0.717, 1.165) is 17.3 Å². The summed E-state index contributed by atoms with van der Waals surface area (Å²) in [5.74, 6) is 1.72. The molecule has 0 spiro atoms. The SMILES string of the molecule is Cc1ccc(N)c2nnc(CCOc3ccccc3)n12. The number of ether oxygens (including phenoxy) is 1. The molecule has 0 aliphatic carbocycles. The summed E-state index contributed by atoms with van der Waals surface area (Å²) in [6.07, 6.45) is 0.681. The van der Waals surface area contributed by atoms with E-state index in [1.807, 2.05) is 53.8 Å². The van der Waals surface area contributed by atoms with Gasteiger partial charge in [-0.1, -0.05) is 18.2 Å². The second kappa shape index (κ2) is 5.21. The normalized spacial score (nSPS) is 10.8. The molecule has 0 saturated carbocycles. The van der Waals surface area contributed by atoms with Crippen molar-refractivity contribution in [1.82, 2.24) is 14.6 Å². The lowest BCUT2D eigenvalue weighted by atomic mass is 10.3. The van der Waals surface area contributed by atoms with Crippen LogP contribution in [0.2, 0.25) is 0 Å². The predicted molar refractivity (Wildman–Crippen MR) is 77.8 cm³/mol. The molecule has 0 aliphatic rings. The van der Waals surface area contributed by atoms with Crippen molar-refractivity contribution in [3.8, 4) is 5.75 Å². The summed E-state index contributed by atoms with van der Waals surface area (Å²) in [5.41, 5.74) is 8.31. The van der Waals surface area contributed by atoms with Crippen LogP contribution in [0.15, 0.2) is 42.5 Å². The van der Waals surface area contributed by atoms with E-state index in [0.29, 0.717) is 24.4 Å². The molecule has 0 amide bonds. The van der Waals surface area contributed by atoms with Crippen LogP contribution >= 0.6 is 0 Å². The molecule has 20 heavy (non-hydrogen) atoms. The van der Waals surface area contributed by atoms with Gasteiger partial charge < -0.3 is 10.5 Å². The largest absolute Gasteiger partial charge is 0.493 e. The van der Waals surface area contributed by atoms with Crippen LogP contribution in [0.25, 0.3) is 5.65 Å². The molecule has 0 fully saturated rings. The standard InChI is InChI=1S/C15H16N4O/c1-11-7-8-13(16)15-18-17-14(19(11)15)9-10-20-12-5-3-2-4-6-12/h2-8H,9-10,16H2,1H3. The number of benzene rings is 1. The van der Waals surface area contributed by atoms with Crippen molar-refractivity contribution < 1.29 is 4.74 Å². The third kappa shape index (κ3) is 2.30. The molecule has 2 aromatic heterocycles. The maximum Gasteiger partial charge on any atom is 0.184 e. The number of nitrogen functional groups attached to an aromatic ring is 1. The van der Waals surface area contributed by atoms with Gasteiger partial charge in [0, 0.05) is 12.1 Å². The minimum Gasteiger partial charge on any atom is -0.493 e. The van der Waals surface area contributed by atoms with Crippen molar-refractivity contribution in [2.45, 2.75) is 13.3 Å². The van der Waals surface area contributed by atoms with Crippen molar-refractivity contribution in [2.24, 2.45) is 0 Å². The van der Waals surface area contributed by atoms with Crippen LogP contribution in [0.1, 0.15) is 11.5 Å². The Morgan fingerprint density at radius 3 is 2.70 bits per heavy atom. The molecule has 3 aromatic rings. The van der Waals surface area contributed by atoms with Crippen LogP contribution in [-0.2, 0) is 6.42 Å². The zero-order valence-electron chi connectivity index (χ0n) is 11.3. The number of hydrogen-bond donors (Lipinski definition) is 1. The van der Waals surface area contributed by atoms with Gasteiger partial charge in [-0.05, 0) is 31.2 Å². The Balaban J connectivity index is 1.77. The second-order valence-corrected chi connectivity index (χ2v) is 4.62. The van der Waals surface area contributed by atoms with E-state index in [4.69, 9.17) is 10.5 Å². The molecular formula is C15H16N4O. The quantitative estimate of drug-likeness (QED) is 0.788. The fraction of sp³-hybridized carbons (Fsp3) is 0.200. The lowest BCUT2D eigenvalue weighted by molar-refractivity contribution is 0.318. The van der Waals surface area contributed by atoms with E-state index < -0.39 is 0 Å². The van der Waals surface area contributed by atoms with Crippen LogP contribution < -0.4 is 10.5 Å². The molecule has 2 heterocycles.